The SMILES string of the molecule is CCOC(=O)[C@@H]1[C@H]2c3ccccc3N(C(C)=O)[C@@H]12. The first kappa shape index (κ1) is 11.3. The number of amides is 1. The number of benzene rings is 1. The average Bonchev–Trinajstić information content (AvgIpc) is 2.96. The van der Waals surface area contributed by atoms with Crippen molar-refractivity contribution in [2.24, 2.45) is 5.92 Å². The molecular formula is C14H15NO3. The minimum Gasteiger partial charge on any atom is -0.466 e. The highest BCUT2D eigenvalue weighted by atomic mass is 16.5. The maximum absolute atomic E-state index is 11.8. The summed E-state index contributed by atoms with van der Waals surface area (Å²) in [5, 5.41) is 0. The molecule has 1 aromatic carbocycles. The Morgan fingerprint density at radius 2 is 2.06 bits per heavy atom. The first-order chi connectivity index (χ1) is 8.66. The summed E-state index contributed by atoms with van der Waals surface area (Å²) in [6, 6.07) is 7.76. The second-order valence-electron chi connectivity index (χ2n) is 4.74. The van der Waals surface area contributed by atoms with Gasteiger partial charge in [0.1, 0.15) is 0 Å². The predicted octanol–water partition coefficient (Wildman–Crippen LogP) is 1.70. The highest BCUT2D eigenvalue weighted by Gasteiger charge is 2.65. The molecule has 0 spiro atoms. The van der Waals surface area contributed by atoms with Crippen molar-refractivity contribution in [3.8, 4) is 0 Å². The van der Waals surface area contributed by atoms with E-state index in [1.807, 2.05) is 24.3 Å². The Labute approximate surface area is 106 Å². The van der Waals surface area contributed by atoms with E-state index in [9.17, 15) is 9.59 Å². The number of para-hydroxylation sites is 1. The zero-order valence-corrected chi connectivity index (χ0v) is 10.4. The van der Waals surface area contributed by atoms with Crippen molar-refractivity contribution in [3.05, 3.63) is 29.8 Å². The van der Waals surface area contributed by atoms with E-state index in [-0.39, 0.29) is 29.8 Å². The van der Waals surface area contributed by atoms with E-state index in [0.717, 1.165) is 11.3 Å². The van der Waals surface area contributed by atoms with Gasteiger partial charge in [-0.3, -0.25) is 9.59 Å². The molecule has 18 heavy (non-hydrogen) atoms. The Hall–Kier alpha value is -1.84. The van der Waals surface area contributed by atoms with Gasteiger partial charge in [0.25, 0.3) is 0 Å². The van der Waals surface area contributed by atoms with Gasteiger partial charge in [-0.15, -0.1) is 0 Å². The standard InChI is InChI=1S/C14H15NO3/c1-3-18-14(17)12-11-9-6-4-5-7-10(9)15(8(2)16)13(11)12/h4-7,11-13H,3H2,1-2H3/t11-,12-,13-/m1/s1. The summed E-state index contributed by atoms with van der Waals surface area (Å²) >= 11 is 0. The van der Waals surface area contributed by atoms with Crippen LogP contribution in [0.4, 0.5) is 5.69 Å². The Balaban J connectivity index is 1.95. The number of ether oxygens (including phenoxy) is 1. The molecule has 0 N–H and O–H groups in total. The number of anilines is 1. The van der Waals surface area contributed by atoms with Gasteiger partial charge in [-0.25, -0.2) is 0 Å². The van der Waals surface area contributed by atoms with E-state index in [2.05, 4.69) is 0 Å². The molecule has 1 aromatic rings. The van der Waals surface area contributed by atoms with Crippen LogP contribution in [0.1, 0.15) is 25.3 Å². The molecule has 2 aliphatic rings. The molecule has 0 bridgehead atoms. The molecule has 0 unspecified atom stereocenters. The van der Waals surface area contributed by atoms with Crippen molar-refractivity contribution >= 4 is 17.6 Å². The molecule has 3 atom stereocenters. The number of fused-ring (bicyclic) bond motifs is 3. The molecule has 1 saturated carbocycles. The summed E-state index contributed by atoms with van der Waals surface area (Å²) in [6.07, 6.45) is 0. The van der Waals surface area contributed by atoms with Gasteiger partial charge in [-0.1, -0.05) is 18.2 Å². The third kappa shape index (κ3) is 1.38. The molecule has 1 aliphatic heterocycles. The Bertz CT molecular complexity index is 526. The molecular weight excluding hydrogens is 230 g/mol. The van der Waals surface area contributed by atoms with Gasteiger partial charge in [0, 0.05) is 18.5 Å². The van der Waals surface area contributed by atoms with Crippen LogP contribution in [0, 0.1) is 5.92 Å². The second kappa shape index (κ2) is 3.83. The largest absolute Gasteiger partial charge is 0.466 e. The molecule has 4 heteroatoms. The quantitative estimate of drug-likeness (QED) is 0.745. The van der Waals surface area contributed by atoms with E-state index in [4.69, 9.17) is 4.74 Å². The first-order valence-corrected chi connectivity index (χ1v) is 6.22. The number of hydrogen-bond acceptors (Lipinski definition) is 3. The molecule has 0 saturated heterocycles. The smallest absolute Gasteiger partial charge is 0.311 e. The molecule has 0 aromatic heterocycles. The lowest BCUT2D eigenvalue weighted by Crippen LogP contribution is -2.32. The van der Waals surface area contributed by atoms with Gasteiger partial charge < -0.3 is 9.64 Å². The normalized spacial score (nSPS) is 27.4. The fraction of sp³-hybridized carbons (Fsp3) is 0.429. The summed E-state index contributed by atoms with van der Waals surface area (Å²) in [7, 11) is 0. The summed E-state index contributed by atoms with van der Waals surface area (Å²) in [6.45, 7) is 3.73. The predicted molar refractivity (Wildman–Crippen MR) is 66.3 cm³/mol. The molecule has 1 fully saturated rings. The van der Waals surface area contributed by atoms with Crippen LogP contribution < -0.4 is 4.90 Å². The first-order valence-electron chi connectivity index (χ1n) is 6.22. The zero-order chi connectivity index (χ0) is 12.9. The van der Waals surface area contributed by atoms with Crippen LogP contribution in [0.15, 0.2) is 24.3 Å². The minimum atomic E-state index is -0.187. The summed E-state index contributed by atoms with van der Waals surface area (Å²) in [4.78, 5) is 25.3. The molecule has 1 aliphatic carbocycles. The molecule has 1 amide bonds. The van der Waals surface area contributed by atoms with Gasteiger partial charge in [-0.2, -0.15) is 0 Å². The number of esters is 1. The molecule has 1 heterocycles. The number of carbonyl (C=O) groups is 2. The van der Waals surface area contributed by atoms with Crippen LogP contribution in [0.5, 0.6) is 0 Å². The summed E-state index contributed by atoms with van der Waals surface area (Å²) in [5.41, 5.74) is 2.04. The average molecular weight is 245 g/mol. The molecule has 4 nitrogen and oxygen atoms in total. The third-order valence-electron chi connectivity index (χ3n) is 3.73. The number of rotatable bonds is 2. The van der Waals surface area contributed by atoms with Crippen LogP contribution in [0.25, 0.3) is 0 Å². The Kier molecular flexibility index (Phi) is 2.40. The lowest BCUT2D eigenvalue weighted by Gasteiger charge is -2.20. The van der Waals surface area contributed by atoms with Crippen LogP contribution >= 0.6 is 0 Å². The van der Waals surface area contributed by atoms with Gasteiger partial charge >= 0.3 is 5.97 Å². The highest BCUT2D eigenvalue weighted by molar-refractivity contribution is 6.00. The van der Waals surface area contributed by atoms with Crippen LogP contribution in [-0.4, -0.2) is 24.5 Å². The van der Waals surface area contributed by atoms with E-state index in [1.165, 1.54) is 0 Å². The lowest BCUT2D eigenvalue weighted by atomic mass is 10.1. The van der Waals surface area contributed by atoms with Gasteiger partial charge in [0.05, 0.1) is 18.6 Å². The van der Waals surface area contributed by atoms with Crippen molar-refractivity contribution in [3.63, 3.8) is 0 Å². The number of nitrogens with zero attached hydrogens (tertiary/aromatic N) is 1. The summed E-state index contributed by atoms with van der Waals surface area (Å²) in [5.74, 6) is -0.247. The van der Waals surface area contributed by atoms with Crippen molar-refractivity contribution in [1.82, 2.24) is 0 Å². The van der Waals surface area contributed by atoms with Gasteiger partial charge in [0.15, 0.2) is 0 Å². The third-order valence-corrected chi connectivity index (χ3v) is 3.73. The van der Waals surface area contributed by atoms with E-state index < -0.39 is 0 Å². The molecule has 0 radical (unpaired) electrons. The van der Waals surface area contributed by atoms with Crippen LogP contribution in [0.3, 0.4) is 0 Å². The van der Waals surface area contributed by atoms with Gasteiger partial charge in [-0.05, 0) is 18.6 Å². The van der Waals surface area contributed by atoms with Crippen LogP contribution in [-0.2, 0) is 14.3 Å². The monoisotopic (exact) mass is 245 g/mol. The van der Waals surface area contributed by atoms with Crippen molar-refractivity contribution in [2.45, 2.75) is 25.8 Å². The zero-order valence-electron chi connectivity index (χ0n) is 10.4. The fourth-order valence-electron chi connectivity index (χ4n) is 3.05. The molecule has 94 valence electrons. The lowest BCUT2D eigenvalue weighted by molar-refractivity contribution is -0.144. The number of hydrogen-bond donors (Lipinski definition) is 0. The number of carbonyl (C=O) groups excluding carboxylic acids is 2. The van der Waals surface area contributed by atoms with E-state index in [1.54, 1.807) is 18.7 Å². The maximum Gasteiger partial charge on any atom is 0.311 e. The van der Waals surface area contributed by atoms with Gasteiger partial charge in [0.2, 0.25) is 5.91 Å². The second-order valence-corrected chi connectivity index (χ2v) is 4.74. The van der Waals surface area contributed by atoms with Crippen molar-refractivity contribution < 1.29 is 14.3 Å². The Morgan fingerprint density at radius 1 is 1.33 bits per heavy atom. The fourth-order valence-corrected chi connectivity index (χ4v) is 3.05. The topological polar surface area (TPSA) is 46.6 Å². The molecule has 3 rings (SSSR count). The van der Waals surface area contributed by atoms with E-state index in [0.29, 0.717) is 6.61 Å². The van der Waals surface area contributed by atoms with Crippen molar-refractivity contribution in [2.75, 3.05) is 11.5 Å². The van der Waals surface area contributed by atoms with Crippen molar-refractivity contribution in [1.29, 1.82) is 0 Å². The van der Waals surface area contributed by atoms with Crippen LogP contribution in [0.2, 0.25) is 0 Å². The Morgan fingerprint density at radius 3 is 2.72 bits per heavy atom. The minimum absolute atomic E-state index is 0.0123. The summed E-state index contributed by atoms with van der Waals surface area (Å²) < 4.78 is 5.07. The highest BCUT2D eigenvalue weighted by Crippen LogP contribution is 2.60. The maximum atomic E-state index is 11.8. The van der Waals surface area contributed by atoms with E-state index >= 15 is 0 Å².